The SMILES string of the molecule is C[C@@H](COc1n[nH]c(C(=O)O)c1Br)NC(=O)OC(C)(C)C. The van der Waals surface area contributed by atoms with E-state index < -0.39 is 17.7 Å². The van der Waals surface area contributed by atoms with Gasteiger partial charge in [-0.05, 0) is 43.6 Å². The molecule has 0 aromatic carbocycles. The van der Waals surface area contributed by atoms with Crippen LogP contribution in [-0.4, -0.2) is 45.6 Å². The van der Waals surface area contributed by atoms with Crippen molar-refractivity contribution in [3.63, 3.8) is 0 Å². The minimum Gasteiger partial charge on any atom is -0.476 e. The predicted molar refractivity (Wildman–Crippen MR) is 77.6 cm³/mol. The average Bonchev–Trinajstić information content (AvgIpc) is 2.65. The Bertz CT molecular complexity index is 523. The van der Waals surface area contributed by atoms with Gasteiger partial charge in [0.1, 0.15) is 16.7 Å². The van der Waals surface area contributed by atoms with Gasteiger partial charge in [-0.25, -0.2) is 9.59 Å². The Hall–Kier alpha value is -1.77. The molecular weight excluding hydrogens is 346 g/mol. The molecule has 0 saturated heterocycles. The van der Waals surface area contributed by atoms with Crippen molar-refractivity contribution < 1.29 is 24.2 Å². The van der Waals surface area contributed by atoms with Gasteiger partial charge in [-0.3, -0.25) is 5.10 Å². The Labute approximate surface area is 130 Å². The van der Waals surface area contributed by atoms with Gasteiger partial charge in [-0.15, -0.1) is 5.10 Å². The van der Waals surface area contributed by atoms with Crippen LogP contribution in [0.5, 0.6) is 5.88 Å². The highest BCUT2D eigenvalue weighted by atomic mass is 79.9. The van der Waals surface area contributed by atoms with E-state index in [0.717, 1.165) is 0 Å². The van der Waals surface area contributed by atoms with E-state index in [1.54, 1.807) is 27.7 Å². The van der Waals surface area contributed by atoms with E-state index in [1.807, 2.05) is 0 Å². The molecule has 0 aliphatic heterocycles. The first-order valence-corrected chi connectivity index (χ1v) is 6.99. The van der Waals surface area contributed by atoms with E-state index in [4.69, 9.17) is 14.6 Å². The second-order valence-corrected chi connectivity index (χ2v) is 6.17. The number of hydrogen-bond donors (Lipinski definition) is 3. The first-order chi connectivity index (χ1) is 9.60. The molecule has 0 spiro atoms. The Balaban J connectivity index is 2.48. The van der Waals surface area contributed by atoms with Gasteiger partial charge >= 0.3 is 12.1 Å². The number of carboxylic acid groups (broad SMARTS) is 1. The minimum absolute atomic E-state index is 0.0993. The third-order valence-corrected chi connectivity index (χ3v) is 2.86. The molecule has 1 heterocycles. The van der Waals surface area contributed by atoms with Gasteiger partial charge in [0, 0.05) is 0 Å². The number of carbonyl (C=O) groups is 2. The summed E-state index contributed by atoms with van der Waals surface area (Å²) < 4.78 is 10.7. The molecule has 0 aliphatic carbocycles. The maximum atomic E-state index is 11.5. The molecule has 0 radical (unpaired) electrons. The van der Waals surface area contributed by atoms with Gasteiger partial charge in [-0.1, -0.05) is 0 Å². The van der Waals surface area contributed by atoms with Crippen molar-refractivity contribution in [2.24, 2.45) is 0 Å². The number of aromatic amines is 1. The van der Waals surface area contributed by atoms with Crippen molar-refractivity contribution in [1.29, 1.82) is 0 Å². The average molecular weight is 364 g/mol. The maximum absolute atomic E-state index is 11.5. The molecule has 21 heavy (non-hydrogen) atoms. The lowest BCUT2D eigenvalue weighted by atomic mass is 10.2. The zero-order valence-electron chi connectivity index (χ0n) is 12.2. The lowest BCUT2D eigenvalue weighted by Crippen LogP contribution is -2.40. The molecule has 118 valence electrons. The summed E-state index contributed by atoms with van der Waals surface area (Å²) in [4.78, 5) is 22.4. The van der Waals surface area contributed by atoms with Gasteiger partial charge in [0.15, 0.2) is 5.69 Å². The Morgan fingerprint density at radius 2 is 2.10 bits per heavy atom. The quantitative estimate of drug-likeness (QED) is 0.738. The summed E-state index contributed by atoms with van der Waals surface area (Å²) in [6.45, 7) is 7.14. The fourth-order valence-electron chi connectivity index (χ4n) is 1.30. The van der Waals surface area contributed by atoms with Gasteiger partial charge in [0.05, 0.1) is 6.04 Å². The molecule has 1 aromatic heterocycles. The van der Waals surface area contributed by atoms with E-state index in [1.165, 1.54) is 0 Å². The number of ether oxygens (including phenoxy) is 2. The summed E-state index contributed by atoms with van der Waals surface area (Å²) >= 11 is 3.08. The summed E-state index contributed by atoms with van der Waals surface area (Å²) in [5.74, 6) is -1.03. The van der Waals surface area contributed by atoms with Crippen LogP contribution in [0.3, 0.4) is 0 Å². The molecule has 9 heteroatoms. The molecule has 1 rings (SSSR count). The Morgan fingerprint density at radius 1 is 1.48 bits per heavy atom. The van der Waals surface area contributed by atoms with Crippen molar-refractivity contribution in [3.05, 3.63) is 10.2 Å². The van der Waals surface area contributed by atoms with Gasteiger partial charge in [-0.2, -0.15) is 0 Å². The number of H-pyrrole nitrogens is 1. The van der Waals surface area contributed by atoms with Gasteiger partial charge in [0.25, 0.3) is 0 Å². The third-order valence-electron chi connectivity index (χ3n) is 2.12. The molecule has 1 amide bonds. The summed E-state index contributed by atoms with van der Waals surface area (Å²) in [6, 6.07) is -0.336. The topological polar surface area (TPSA) is 114 Å². The fraction of sp³-hybridized carbons (Fsp3) is 0.583. The first-order valence-electron chi connectivity index (χ1n) is 6.19. The number of nitrogens with zero attached hydrogens (tertiary/aromatic N) is 1. The first kappa shape index (κ1) is 17.3. The number of hydrogen-bond acceptors (Lipinski definition) is 5. The minimum atomic E-state index is -1.15. The number of halogens is 1. The van der Waals surface area contributed by atoms with E-state index in [9.17, 15) is 9.59 Å². The van der Waals surface area contributed by atoms with Crippen molar-refractivity contribution in [3.8, 4) is 5.88 Å². The highest BCUT2D eigenvalue weighted by Gasteiger charge is 2.20. The van der Waals surface area contributed by atoms with E-state index in [0.29, 0.717) is 0 Å². The van der Waals surface area contributed by atoms with Gasteiger partial charge in [0.2, 0.25) is 5.88 Å². The Kier molecular flexibility index (Phi) is 5.59. The smallest absolute Gasteiger partial charge is 0.407 e. The molecule has 0 aliphatic rings. The summed E-state index contributed by atoms with van der Waals surface area (Å²) in [7, 11) is 0. The molecular formula is C12H18BrN3O5. The number of carboxylic acids is 1. The van der Waals surface area contributed by atoms with Crippen molar-refractivity contribution in [1.82, 2.24) is 15.5 Å². The number of carbonyl (C=O) groups excluding carboxylic acids is 1. The fourth-order valence-corrected chi connectivity index (χ4v) is 1.76. The highest BCUT2D eigenvalue weighted by Crippen LogP contribution is 2.25. The molecule has 0 saturated carbocycles. The van der Waals surface area contributed by atoms with E-state index in [2.05, 4.69) is 31.4 Å². The number of rotatable bonds is 5. The summed E-state index contributed by atoms with van der Waals surface area (Å²) in [6.07, 6.45) is -0.550. The zero-order valence-corrected chi connectivity index (χ0v) is 13.8. The largest absolute Gasteiger partial charge is 0.476 e. The maximum Gasteiger partial charge on any atom is 0.407 e. The standard InChI is InChI=1S/C12H18BrN3O5/c1-6(14-11(19)21-12(2,3)4)5-20-9-7(13)8(10(17)18)15-16-9/h6H,5H2,1-4H3,(H,14,19)(H,15,16)(H,17,18)/t6-/m0/s1. The highest BCUT2D eigenvalue weighted by molar-refractivity contribution is 9.10. The number of aromatic nitrogens is 2. The lowest BCUT2D eigenvalue weighted by Gasteiger charge is -2.21. The lowest BCUT2D eigenvalue weighted by molar-refractivity contribution is 0.0492. The van der Waals surface area contributed by atoms with Crippen LogP contribution in [0.2, 0.25) is 0 Å². The van der Waals surface area contributed by atoms with Crippen LogP contribution < -0.4 is 10.1 Å². The van der Waals surface area contributed by atoms with Crippen molar-refractivity contribution in [2.75, 3.05) is 6.61 Å². The summed E-state index contributed by atoms with van der Waals surface area (Å²) in [5.41, 5.74) is -0.676. The monoisotopic (exact) mass is 363 g/mol. The molecule has 8 nitrogen and oxygen atoms in total. The van der Waals surface area contributed by atoms with Crippen LogP contribution in [0, 0.1) is 0 Å². The van der Waals surface area contributed by atoms with Crippen molar-refractivity contribution in [2.45, 2.75) is 39.3 Å². The van der Waals surface area contributed by atoms with Crippen LogP contribution >= 0.6 is 15.9 Å². The zero-order chi connectivity index (χ0) is 16.2. The molecule has 1 atom stereocenters. The normalized spacial score (nSPS) is 12.6. The molecule has 0 fully saturated rings. The summed E-state index contributed by atoms with van der Waals surface area (Å²) in [5, 5.41) is 17.5. The molecule has 1 aromatic rings. The number of alkyl carbamates (subject to hydrolysis) is 1. The van der Waals surface area contributed by atoms with Crippen LogP contribution in [0.15, 0.2) is 4.47 Å². The van der Waals surface area contributed by atoms with Gasteiger partial charge < -0.3 is 19.9 Å². The number of aromatic carboxylic acids is 1. The van der Waals surface area contributed by atoms with E-state index >= 15 is 0 Å². The van der Waals surface area contributed by atoms with Crippen LogP contribution in [0.4, 0.5) is 4.79 Å². The third kappa shape index (κ3) is 5.62. The van der Waals surface area contributed by atoms with Crippen LogP contribution in [0.1, 0.15) is 38.2 Å². The predicted octanol–water partition coefficient (Wildman–Crippen LogP) is 2.16. The number of nitrogens with one attached hydrogen (secondary N) is 2. The second kappa shape index (κ2) is 6.79. The molecule has 0 unspecified atom stereocenters. The molecule has 0 bridgehead atoms. The molecule has 3 N–H and O–H groups in total. The van der Waals surface area contributed by atoms with Crippen molar-refractivity contribution >= 4 is 28.0 Å². The Morgan fingerprint density at radius 3 is 2.57 bits per heavy atom. The number of amides is 1. The van der Waals surface area contributed by atoms with Crippen LogP contribution in [-0.2, 0) is 4.74 Å². The van der Waals surface area contributed by atoms with Crippen LogP contribution in [0.25, 0.3) is 0 Å². The second-order valence-electron chi connectivity index (χ2n) is 5.38. The van der Waals surface area contributed by atoms with E-state index in [-0.39, 0.29) is 28.7 Å².